The van der Waals surface area contributed by atoms with Gasteiger partial charge in [-0.15, -0.1) is 0 Å². The summed E-state index contributed by atoms with van der Waals surface area (Å²) in [7, 11) is 1.72. The summed E-state index contributed by atoms with van der Waals surface area (Å²) >= 11 is 0. The molecule has 2 fully saturated rings. The van der Waals surface area contributed by atoms with Gasteiger partial charge in [-0.25, -0.2) is 4.98 Å². The fourth-order valence-electron chi connectivity index (χ4n) is 4.16. The monoisotopic (exact) mass is 369 g/mol. The molecule has 1 amide bonds. The molecule has 2 atom stereocenters. The van der Waals surface area contributed by atoms with E-state index in [1.54, 1.807) is 7.11 Å². The smallest absolute Gasteiger partial charge is 0.291 e. The molecule has 2 aliphatic heterocycles. The maximum atomic E-state index is 13.3. The topological polar surface area (TPSA) is 58.8 Å². The van der Waals surface area contributed by atoms with Crippen LogP contribution in [-0.2, 0) is 4.74 Å². The summed E-state index contributed by atoms with van der Waals surface area (Å²) in [6.07, 6.45) is 3.45. The molecule has 0 N–H and O–H groups in total. The van der Waals surface area contributed by atoms with Crippen LogP contribution in [-0.4, -0.2) is 66.1 Å². The highest BCUT2D eigenvalue weighted by molar-refractivity contribution is 5.93. The second-order valence-electron chi connectivity index (χ2n) is 7.51. The molecule has 0 aliphatic carbocycles. The van der Waals surface area contributed by atoms with Gasteiger partial charge >= 0.3 is 0 Å². The number of likely N-dealkylation sites (tertiary alicyclic amines) is 2. The fraction of sp³-hybridized carbons (Fsp3) is 0.524. The summed E-state index contributed by atoms with van der Waals surface area (Å²) in [4.78, 5) is 22.1. The molecule has 1 aromatic carbocycles. The molecule has 0 saturated carbocycles. The molecule has 6 heteroatoms. The third kappa shape index (κ3) is 3.77. The van der Waals surface area contributed by atoms with Crippen LogP contribution in [0.3, 0.4) is 0 Å². The van der Waals surface area contributed by atoms with Crippen LogP contribution in [0.1, 0.15) is 35.5 Å². The quantitative estimate of drug-likeness (QED) is 0.811. The number of hydrogen-bond donors (Lipinski definition) is 0. The zero-order chi connectivity index (χ0) is 18.8. The number of aromatic nitrogens is 1. The van der Waals surface area contributed by atoms with Gasteiger partial charge < -0.3 is 19.0 Å². The van der Waals surface area contributed by atoms with Crippen molar-refractivity contribution in [1.82, 2.24) is 14.8 Å². The fourth-order valence-corrected chi connectivity index (χ4v) is 4.16. The lowest BCUT2D eigenvalue weighted by molar-refractivity contribution is 0.0639. The molecule has 6 nitrogen and oxygen atoms in total. The van der Waals surface area contributed by atoms with E-state index in [1.807, 2.05) is 42.2 Å². The minimum Gasteiger partial charge on any atom is -0.431 e. The average molecular weight is 369 g/mol. The normalized spacial score (nSPS) is 23.3. The Labute approximate surface area is 160 Å². The predicted octanol–water partition coefficient (Wildman–Crippen LogP) is 2.98. The Balaban J connectivity index is 1.55. The van der Waals surface area contributed by atoms with E-state index in [2.05, 4.69) is 9.88 Å². The zero-order valence-electron chi connectivity index (χ0n) is 16.1. The summed E-state index contributed by atoms with van der Waals surface area (Å²) in [5.74, 6) is 0.762. The summed E-state index contributed by atoms with van der Waals surface area (Å²) in [5.41, 5.74) is 1.52. The Morgan fingerprint density at radius 3 is 2.70 bits per heavy atom. The summed E-state index contributed by atoms with van der Waals surface area (Å²) in [6, 6.07) is 9.85. The Morgan fingerprint density at radius 2 is 2.00 bits per heavy atom. The number of nitrogens with zero attached hydrogens (tertiary/aromatic N) is 3. The summed E-state index contributed by atoms with van der Waals surface area (Å²) in [5, 5.41) is 0. The zero-order valence-corrected chi connectivity index (χ0v) is 16.1. The first-order valence-corrected chi connectivity index (χ1v) is 9.74. The van der Waals surface area contributed by atoms with Gasteiger partial charge in [0.25, 0.3) is 5.91 Å². The van der Waals surface area contributed by atoms with E-state index in [4.69, 9.17) is 9.15 Å². The van der Waals surface area contributed by atoms with Crippen LogP contribution in [0.4, 0.5) is 0 Å². The van der Waals surface area contributed by atoms with Crippen molar-refractivity contribution in [2.24, 2.45) is 0 Å². The third-order valence-electron chi connectivity index (χ3n) is 5.65. The van der Waals surface area contributed by atoms with Crippen LogP contribution in [0.25, 0.3) is 11.5 Å². The van der Waals surface area contributed by atoms with Crippen LogP contribution < -0.4 is 0 Å². The first-order chi connectivity index (χ1) is 13.2. The van der Waals surface area contributed by atoms with Crippen LogP contribution >= 0.6 is 0 Å². The van der Waals surface area contributed by atoms with Crippen molar-refractivity contribution >= 4 is 5.91 Å². The van der Waals surface area contributed by atoms with Gasteiger partial charge in [-0.3, -0.25) is 4.79 Å². The Kier molecular flexibility index (Phi) is 5.27. The molecule has 4 rings (SSSR count). The lowest BCUT2D eigenvalue weighted by atomic mass is 10.2. The number of hydrogen-bond acceptors (Lipinski definition) is 5. The van der Waals surface area contributed by atoms with E-state index < -0.39 is 0 Å². The molecule has 2 aliphatic rings. The van der Waals surface area contributed by atoms with Crippen molar-refractivity contribution in [3.05, 3.63) is 41.8 Å². The SMILES string of the molecule is CO[C@H]1C[C@@H](CN2CCCC2)N(C(=O)c2oc(-c3ccccc3)nc2C)C1. The van der Waals surface area contributed by atoms with Crippen LogP contribution in [0.15, 0.2) is 34.7 Å². The molecule has 27 heavy (non-hydrogen) atoms. The highest BCUT2D eigenvalue weighted by atomic mass is 16.5. The van der Waals surface area contributed by atoms with Gasteiger partial charge in [0.05, 0.1) is 11.8 Å². The minimum atomic E-state index is -0.0778. The van der Waals surface area contributed by atoms with Gasteiger partial charge in [0.15, 0.2) is 0 Å². The number of rotatable bonds is 5. The number of ether oxygens (including phenoxy) is 1. The molecule has 2 aromatic rings. The number of benzene rings is 1. The number of oxazole rings is 1. The molecular formula is C21H27N3O3. The highest BCUT2D eigenvalue weighted by Crippen LogP contribution is 2.28. The van der Waals surface area contributed by atoms with Crippen molar-refractivity contribution < 1.29 is 13.9 Å². The number of aryl methyl sites for hydroxylation is 1. The average Bonchev–Trinajstić information content (AvgIpc) is 3.42. The molecule has 2 saturated heterocycles. The minimum absolute atomic E-state index is 0.0778. The van der Waals surface area contributed by atoms with Crippen molar-refractivity contribution in [3.8, 4) is 11.5 Å². The van der Waals surface area contributed by atoms with E-state index in [-0.39, 0.29) is 18.1 Å². The van der Waals surface area contributed by atoms with Gasteiger partial charge in [0.1, 0.15) is 0 Å². The first kappa shape index (κ1) is 18.2. The Morgan fingerprint density at radius 1 is 1.26 bits per heavy atom. The summed E-state index contributed by atoms with van der Waals surface area (Å²) in [6.45, 7) is 5.59. The molecule has 0 bridgehead atoms. The van der Waals surface area contributed by atoms with E-state index in [1.165, 1.54) is 12.8 Å². The third-order valence-corrected chi connectivity index (χ3v) is 5.65. The van der Waals surface area contributed by atoms with Crippen LogP contribution in [0, 0.1) is 6.92 Å². The molecule has 0 spiro atoms. The first-order valence-electron chi connectivity index (χ1n) is 9.74. The molecule has 3 heterocycles. The van der Waals surface area contributed by atoms with Gasteiger partial charge in [-0.1, -0.05) is 18.2 Å². The number of amides is 1. The van der Waals surface area contributed by atoms with E-state index >= 15 is 0 Å². The van der Waals surface area contributed by atoms with Crippen LogP contribution in [0.2, 0.25) is 0 Å². The number of methoxy groups -OCH3 is 1. The van der Waals surface area contributed by atoms with Crippen molar-refractivity contribution in [2.75, 3.05) is 33.3 Å². The number of carbonyl (C=O) groups excluding carboxylic acids is 1. The highest BCUT2D eigenvalue weighted by Gasteiger charge is 2.38. The van der Waals surface area contributed by atoms with Crippen LogP contribution in [0.5, 0.6) is 0 Å². The van der Waals surface area contributed by atoms with E-state index in [9.17, 15) is 4.79 Å². The molecular weight excluding hydrogens is 342 g/mol. The van der Waals surface area contributed by atoms with Gasteiger partial charge in [0, 0.05) is 31.8 Å². The standard InChI is InChI=1S/C21H27N3O3/c1-15-19(27-20(22-15)16-8-4-3-5-9-16)21(25)24-14-18(26-2)12-17(24)13-23-10-6-7-11-23/h3-5,8-9,17-18H,6-7,10-14H2,1-2H3/t17-,18-/m0/s1. The molecule has 0 radical (unpaired) electrons. The van der Waals surface area contributed by atoms with Gasteiger partial charge in [0.2, 0.25) is 11.7 Å². The lowest BCUT2D eigenvalue weighted by Crippen LogP contribution is -2.42. The Bertz CT molecular complexity index is 783. The summed E-state index contributed by atoms with van der Waals surface area (Å²) < 4.78 is 11.5. The van der Waals surface area contributed by atoms with Gasteiger partial charge in [-0.05, 0) is 51.4 Å². The second kappa shape index (κ2) is 7.82. The second-order valence-corrected chi connectivity index (χ2v) is 7.51. The maximum absolute atomic E-state index is 13.3. The molecule has 0 unspecified atom stereocenters. The van der Waals surface area contributed by atoms with Crippen molar-refractivity contribution in [3.63, 3.8) is 0 Å². The molecule has 1 aromatic heterocycles. The van der Waals surface area contributed by atoms with E-state index in [0.717, 1.165) is 31.6 Å². The number of carbonyl (C=O) groups is 1. The van der Waals surface area contributed by atoms with Crippen molar-refractivity contribution in [2.45, 2.75) is 38.3 Å². The lowest BCUT2D eigenvalue weighted by Gasteiger charge is -2.27. The van der Waals surface area contributed by atoms with Crippen molar-refractivity contribution in [1.29, 1.82) is 0 Å². The van der Waals surface area contributed by atoms with E-state index in [0.29, 0.717) is 23.9 Å². The maximum Gasteiger partial charge on any atom is 0.291 e. The predicted molar refractivity (Wildman–Crippen MR) is 103 cm³/mol. The molecule has 144 valence electrons. The Hall–Kier alpha value is -2.18. The van der Waals surface area contributed by atoms with Gasteiger partial charge in [-0.2, -0.15) is 0 Å². The largest absolute Gasteiger partial charge is 0.431 e.